The average molecular weight is 1630 g/mol. The van der Waals surface area contributed by atoms with E-state index in [2.05, 4.69) is 101 Å². The number of nitrogens with zero attached hydrogens (tertiary/aromatic N) is 19. The monoisotopic (exact) mass is 1630 g/mol. The molecule has 5 aliphatic heterocycles. The van der Waals surface area contributed by atoms with Crippen molar-refractivity contribution in [2.75, 3.05) is 147 Å². The number of urea groups is 3. The third-order valence-electron chi connectivity index (χ3n) is 22.4. The molecule has 0 atom stereocenters. The van der Waals surface area contributed by atoms with E-state index in [0.717, 1.165) is 143 Å². The number of anilines is 14. The van der Waals surface area contributed by atoms with Crippen LogP contribution in [0.15, 0.2) is 189 Å². The highest BCUT2D eigenvalue weighted by Crippen LogP contribution is 2.46. The third kappa shape index (κ3) is 17.9. The summed E-state index contributed by atoms with van der Waals surface area (Å²) in [5.74, 6) is 6.28. The minimum Gasteiger partial charge on any atom is -0.497 e. The topological polar surface area (TPSA) is 262 Å². The van der Waals surface area contributed by atoms with Crippen LogP contribution in [0.1, 0.15) is 67.0 Å². The lowest BCUT2D eigenvalue weighted by atomic mass is 10.1. The number of para-hydroxylation sites is 3. The zero-order valence-electron chi connectivity index (χ0n) is 70.9. The largest absolute Gasteiger partial charge is 0.497 e. The smallest absolute Gasteiger partial charge is 0.336 e. The third-order valence-corrected chi connectivity index (χ3v) is 22.4. The molecule has 7 aromatic carbocycles. The van der Waals surface area contributed by atoms with Crippen molar-refractivity contribution in [2.24, 2.45) is 7.05 Å². The first kappa shape index (κ1) is 82.3. The highest BCUT2D eigenvalue weighted by atomic mass is 16.5. The van der Waals surface area contributed by atoms with Gasteiger partial charge in [-0.3, -0.25) is 24.3 Å². The Morgan fingerprint density at radius 2 is 0.826 bits per heavy atom. The summed E-state index contributed by atoms with van der Waals surface area (Å²) in [5.41, 5.74) is 17.6. The van der Waals surface area contributed by atoms with E-state index in [1.807, 2.05) is 140 Å². The summed E-state index contributed by atoms with van der Waals surface area (Å²) in [6.45, 7) is 22.7. The van der Waals surface area contributed by atoms with Gasteiger partial charge in [0, 0.05) is 137 Å². The van der Waals surface area contributed by atoms with Gasteiger partial charge in [-0.15, -0.1) is 0 Å². The van der Waals surface area contributed by atoms with Crippen LogP contribution in [0.3, 0.4) is 0 Å². The van der Waals surface area contributed by atoms with Gasteiger partial charge in [-0.2, -0.15) is 15.1 Å². The zero-order valence-corrected chi connectivity index (χ0v) is 70.9. The molecule has 29 heteroatoms. The summed E-state index contributed by atoms with van der Waals surface area (Å²) in [6.07, 6.45) is 11.0. The number of methoxy groups -OCH3 is 5. The van der Waals surface area contributed by atoms with E-state index < -0.39 is 0 Å². The van der Waals surface area contributed by atoms with Crippen molar-refractivity contribution < 1.29 is 38.1 Å². The molecule has 0 saturated carbocycles. The van der Waals surface area contributed by atoms with Gasteiger partial charge in [0.1, 0.15) is 46.2 Å². The maximum Gasteiger partial charge on any atom is 0.336 e. The molecule has 6 amide bonds. The summed E-state index contributed by atoms with van der Waals surface area (Å²) in [4.78, 5) is 95.4. The molecular formula is C92H101N21O8. The Kier molecular flexibility index (Phi) is 24.6. The molecule has 10 heterocycles. The summed E-state index contributed by atoms with van der Waals surface area (Å²) in [5, 5.41) is 10.7. The second kappa shape index (κ2) is 36.2. The molecule has 2 saturated heterocycles. The Balaban J connectivity index is 0.000000142. The molecule has 17 rings (SSSR count). The number of aromatic nitrogens is 9. The molecule has 121 heavy (non-hydrogen) atoms. The lowest BCUT2D eigenvalue weighted by molar-refractivity contribution is 0.148. The molecule has 0 unspecified atom stereocenters. The molecular weight excluding hydrogens is 1530 g/mol. The number of pyridine rings is 1. The van der Waals surface area contributed by atoms with Crippen molar-refractivity contribution in [1.29, 1.82) is 0 Å². The van der Waals surface area contributed by atoms with Crippen molar-refractivity contribution in [3.63, 3.8) is 0 Å². The predicted molar refractivity (Wildman–Crippen MR) is 473 cm³/mol. The number of amides is 6. The molecule has 0 bridgehead atoms. The Bertz CT molecular complexity index is 5700. The summed E-state index contributed by atoms with van der Waals surface area (Å²) < 4.78 is 29.2. The Morgan fingerprint density at radius 1 is 0.397 bits per heavy atom. The SMILES string of the molecule is COc1ccc(N2C(=O)N(c3c(C)cccc3C)Cc3cnc(Cc4ccc(CN5CCN(C)CC5)cc4)nc32)c(OC)c1.COc1ccc(N2C(=O)N(c3c(C)cccc3C)Cc3cnc(Nc4ccc(N5CCN(C)CC5)cc4)nc32)nc1.COc1ccc(N2C(=O)N(c3c(C)cccc3C)Cc3cnc(Nc4cnn(C)c4)nc32)c(OC)c1. The number of likely N-dealkylation sites (N-methyl/N-ethyl adjacent to an activating group) is 2. The minimum absolute atomic E-state index is 0.198. The molecule has 2 N–H and O–H groups in total. The van der Waals surface area contributed by atoms with E-state index in [1.165, 1.54) is 11.3 Å². The van der Waals surface area contributed by atoms with Gasteiger partial charge in [0.05, 0.1) is 102 Å². The maximum absolute atomic E-state index is 14.4. The molecule has 0 radical (unpaired) electrons. The number of ether oxygens (including phenoxy) is 5. The van der Waals surface area contributed by atoms with Crippen LogP contribution in [-0.4, -0.2) is 179 Å². The maximum atomic E-state index is 14.4. The van der Waals surface area contributed by atoms with Crippen molar-refractivity contribution in [1.82, 2.24) is 59.4 Å². The van der Waals surface area contributed by atoms with E-state index in [4.69, 9.17) is 43.6 Å². The standard InChI is InChI=1S/C35H40N6O3.C31H34N8O2.C26H27N7O3/c1-24-7-6-8-25(2)33(24)40-23-28-21-36-32(19-26-9-11-27(12-10-26)22-39-17-15-38(3)16-18-39)37-34(28)41(35(40)42)30-14-13-29(43-4)20-31(30)44-5;1-21-6-5-7-22(2)28(21)38-20-23-18-33-30(34-24-8-10-25(11-9-24)37-16-14-36(3)15-17-37)35-29(23)39(31(38)40)27-13-12-26(41-4)19-32-27;1-16-7-6-8-17(2)23(16)32-14-18-12-27-25(29-19-13-28-31(3)15-19)30-24(18)33(26(32)34)21-10-9-20(35-4)11-22(21)36-5/h6-14,20-21H,15-19,22-23H2,1-5H3;5-13,18-19H,14-17,20H2,1-4H3,(H,33,34,35);6-13,15H,14H2,1-5H3,(H,27,29,30). The second-order valence-electron chi connectivity index (χ2n) is 30.7. The molecule has 0 spiro atoms. The van der Waals surface area contributed by atoms with Gasteiger partial charge < -0.3 is 49.0 Å². The molecule has 12 aromatic rings. The van der Waals surface area contributed by atoms with Crippen LogP contribution >= 0.6 is 0 Å². The quantitative estimate of drug-likeness (QED) is 0.0718. The first-order valence-corrected chi connectivity index (χ1v) is 40.2. The minimum atomic E-state index is -0.241. The van der Waals surface area contributed by atoms with Crippen LogP contribution in [-0.2, 0) is 39.6 Å². The Morgan fingerprint density at radius 3 is 1.27 bits per heavy atom. The lowest BCUT2D eigenvalue weighted by Gasteiger charge is -2.37. The summed E-state index contributed by atoms with van der Waals surface area (Å²) in [6, 6.07) is 48.8. The van der Waals surface area contributed by atoms with Crippen molar-refractivity contribution in [3.05, 3.63) is 256 Å². The van der Waals surface area contributed by atoms with Crippen LogP contribution in [0.25, 0.3) is 0 Å². The number of carbonyl (C=O) groups is 3. The van der Waals surface area contributed by atoms with Gasteiger partial charge in [-0.1, -0.05) is 78.9 Å². The molecule has 5 aromatic heterocycles. The van der Waals surface area contributed by atoms with E-state index in [0.29, 0.717) is 107 Å². The van der Waals surface area contributed by atoms with Crippen molar-refractivity contribution in [3.8, 4) is 28.7 Å². The number of rotatable bonds is 20. The van der Waals surface area contributed by atoms with Gasteiger partial charge in [-0.25, -0.2) is 54.0 Å². The highest BCUT2D eigenvalue weighted by molar-refractivity contribution is 6.13. The number of nitrogens with one attached hydrogen (secondary N) is 2. The lowest BCUT2D eigenvalue weighted by Crippen LogP contribution is -2.46. The average Bonchev–Trinajstić information content (AvgIpc) is 1.63. The second-order valence-corrected chi connectivity index (χ2v) is 30.7. The number of hydrogen-bond acceptors (Lipinski definition) is 22. The van der Waals surface area contributed by atoms with Crippen LogP contribution in [0.5, 0.6) is 28.7 Å². The first-order chi connectivity index (χ1) is 58.6. The zero-order chi connectivity index (χ0) is 84.7. The number of fused-ring (bicyclic) bond motifs is 3. The Hall–Kier alpha value is -13.8. The fourth-order valence-electron chi connectivity index (χ4n) is 15.9. The molecule has 29 nitrogen and oxygen atoms in total. The van der Waals surface area contributed by atoms with E-state index in [1.54, 1.807) is 131 Å². The number of hydrogen-bond donors (Lipinski definition) is 2. The van der Waals surface area contributed by atoms with E-state index in [-0.39, 0.29) is 18.1 Å². The van der Waals surface area contributed by atoms with Crippen molar-refractivity contribution >= 4 is 98.8 Å². The molecule has 2 fully saturated rings. The molecule has 5 aliphatic rings. The van der Waals surface area contributed by atoms with E-state index >= 15 is 0 Å². The van der Waals surface area contributed by atoms with Gasteiger partial charge in [0.2, 0.25) is 11.9 Å². The highest BCUT2D eigenvalue weighted by Gasteiger charge is 2.41. The normalized spacial score (nSPS) is 14.9. The Labute approximate surface area is 705 Å². The number of aryl methyl sites for hydroxylation is 7. The van der Waals surface area contributed by atoms with E-state index in [9.17, 15) is 14.4 Å². The van der Waals surface area contributed by atoms with Gasteiger partial charge in [0.15, 0.2) is 11.6 Å². The first-order valence-electron chi connectivity index (χ1n) is 40.2. The van der Waals surface area contributed by atoms with Gasteiger partial charge in [0.25, 0.3) is 0 Å². The fourth-order valence-corrected chi connectivity index (χ4v) is 15.9. The number of piperazine rings is 2. The van der Waals surface area contributed by atoms with Crippen LogP contribution in [0, 0.1) is 41.5 Å². The molecule has 622 valence electrons. The van der Waals surface area contributed by atoms with Gasteiger partial charge in [-0.05, 0) is 161 Å². The van der Waals surface area contributed by atoms with Crippen LogP contribution in [0.4, 0.5) is 95.1 Å². The summed E-state index contributed by atoms with van der Waals surface area (Å²) in [7, 11) is 14.1. The fraction of sp³-hybridized carbons (Fsp3) is 0.293. The van der Waals surface area contributed by atoms with Gasteiger partial charge >= 0.3 is 18.1 Å². The predicted octanol–water partition coefficient (Wildman–Crippen LogP) is 15.9. The molecule has 0 aliphatic carbocycles. The number of carbonyl (C=O) groups excluding carboxylic acids is 3. The number of benzene rings is 7. The van der Waals surface area contributed by atoms with Crippen LogP contribution in [0.2, 0.25) is 0 Å². The summed E-state index contributed by atoms with van der Waals surface area (Å²) >= 11 is 0. The van der Waals surface area contributed by atoms with Crippen LogP contribution < -0.4 is 68.6 Å². The van der Waals surface area contributed by atoms with Crippen molar-refractivity contribution in [2.45, 2.75) is 74.1 Å².